The third kappa shape index (κ3) is 3.64. The molecule has 4 heteroatoms. The molecule has 0 saturated heterocycles. The van der Waals surface area contributed by atoms with Crippen LogP contribution in [0.2, 0.25) is 0 Å². The number of hydrogen-bond donors (Lipinski definition) is 2. The molecule has 0 heterocycles. The van der Waals surface area contributed by atoms with Gasteiger partial charge < -0.3 is 0 Å². The molecule has 0 aromatic heterocycles. The fraction of sp³-hybridized carbons (Fsp3) is 0.900. The van der Waals surface area contributed by atoms with Crippen molar-refractivity contribution >= 4 is 5.91 Å². The standard InChI is InChI=1S/C10H23N3O/c1-5-7-13(8(3)4)9(6-2)10(14)12-11/h8-9H,5-7,11H2,1-4H3,(H,12,14). The van der Waals surface area contributed by atoms with E-state index in [1.165, 1.54) is 0 Å². The zero-order valence-corrected chi connectivity index (χ0v) is 9.71. The Kier molecular flexibility index (Phi) is 6.49. The molecule has 0 bridgehead atoms. The molecule has 4 nitrogen and oxygen atoms in total. The molecule has 1 amide bonds. The maximum atomic E-state index is 11.5. The van der Waals surface area contributed by atoms with Crippen molar-refractivity contribution in [2.45, 2.75) is 52.6 Å². The summed E-state index contributed by atoms with van der Waals surface area (Å²) in [4.78, 5) is 13.7. The Morgan fingerprint density at radius 1 is 1.43 bits per heavy atom. The number of nitrogens with two attached hydrogens (primary N) is 1. The lowest BCUT2D eigenvalue weighted by atomic mass is 10.1. The molecule has 0 radical (unpaired) electrons. The van der Waals surface area contributed by atoms with Crippen LogP contribution in [-0.4, -0.2) is 29.4 Å². The van der Waals surface area contributed by atoms with Crippen LogP contribution in [0.3, 0.4) is 0 Å². The molecular formula is C10H23N3O. The van der Waals surface area contributed by atoms with Gasteiger partial charge in [-0.25, -0.2) is 5.84 Å². The van der Waals surface area contributed by atoms with Crippen LogP contribution >= 0.6 is 0 Å². The first-order valence-electron chi connectivity index (χ1n) is 5.34. The maximum Gasteiger partial charge on any atom is 0.251 e. The molecule has 0 aromatic carbocycles. The van der Waals surface area contributed by atoms with Crippen LogP contribution in [0.4, 0.5) is 0 Å². The van der Waals surface area contributed by atoms with Gasteiger partial charge in [-0.3, -0.25) is 15.1 Å². The van der Waals surface area contributed by atoms with Crippen LogP contribution in [0.5, 0.6) is 0 Å². The molecule has 14 heavy (non-hydrogen) atoms. The fourth-order valence-corrected chi connectivity index (χ4v) is 1.70. The van der Waals surface area contributed by atoms with Gasteiger partial charge in [-0.1, -0.05) is 13.8 Å². The van der Waals surface area contributed by atoms with E-state index >= 15 is 0 Å². The summed E-state index contributed by atoms with van der Waals surface area (Å²) in [5, 5.41) is 0. The van der Waals surface area contributed by atoms with E-state index in [-0.39, 0.29) is 11.9 Å². The van der Waals surface area contributed by atoms with E-state index in [1.807, 2.05) is 6.92 Å². The van der Waals surface area contributed by atoms with Gasteiger partial charge >= 0.3 is 0 Å². The second-order valence-electron chi connectivity index (χ2n) is 3.76. The molecule has 0 spiro atoms. The Labute approximate surface area is 86.8 Å². The second-order valence-corrected chi connectivity index (χ2v) is 3.76. The van der Waals surface area contributed by atoms with Crippen LogP contribution in [0.15, 0.2) is 0 Å². The van der Waals surface area contributed by atoms with Crippen molar-refractivity contribution in [3.63, 3.8) is 0 Å². The number of nitrogens with zero attached hydrogens (tertiary/aromatic N) is 1. The minimum Gasteiger partial charge on any atom is -0.293 e. The molecule has 0 aliphatic carbocycles. The molecule has 0 aliphatic heterocycles. The topological polar surface area (TPSA) is 58.4 Å². The normalized spacial score (nSPS) is 13.4. The third-order valence-corrected chi connectivity index (χ3v) is 2.38. The van der Waals surface area contributed by atoms with Crippen molar-refractivity contribution in [2.75, 3.05) is 6.54 Å². The molecule has 1 unspecified atom stereocenters. The highest BCUT2D eigenvalue weighted by molar-refractivity contribution is 5.81. The molecule has 0 saturated carbocycles. The summed E-state index contributed by atoms with van der Waals surface area (Å²) in [6.45, 7) is 9.25. The van der Waals surface area contributed by atoms with Gasteiger partial charge in [-0.05, 0) is 33.2 Å². The Morgan fingerprint density at radius 3 is 2.29 bits per heavy atom. The van der Waals surface area contributed by atoms with Crippen molar-refractivity contribution < 1.29 is 4.79 Å². The van der Waals surface area contributed by atoms with E-state index in [0.29, 0.717) is 6.04 Å². The smallest absolute Gasteiger partial charge is 0.251 e. The second kappa shape index (κ2) is 6.79. The Balaban J connectivity index is 4.49. The van der Waals surface area contributed by atoms with E-state index in [1.54, 1.807) is 0 Å². The highest BCUT2D eigenvalue weighted by Crippen LogP contribution is 2.09. The van der Waals surface area contributed by atoms with Crippen LogP contribution in [-0.2, 0) is 4.79 Å². The molecule has 0 aliphatic rings. The number of nitrogens with one attached hydrogen (secondary N) is 1. The predicted octanol–water partition coefficient (Wildman–Crippen LogP) is 0.875. The predicted molar refractivity (Wildman–Crippen MR) is 58.5 cm³/mol. The monoisotopic (exact) mass is 201 g/mol. The van der Waals surface area contributed by atoms with Crippen molar-refractivity contribution in [3.05, 3.63) is 0 Å². The molecule has 84 valence electrons. The van der Waals surface area contributed by atoms with Gasteiger partial charge in [-0.2, -0.15) is 0 Å². The van der Waals surface area contributed by atoms with Crippen molar-refractivity contribution in [1.82, 2.24) is 10.3 Å². The van der Waals surface area contributed by atoms with Gasteiger partial charge in [0.05, 0.1) is 6.04 Å². The van der Waals surface area contributed by atoms with Crippen LogP contribution in [0.25, 0.3) is 0 Å². The lowest BCUT2D eigenvalue weighted by Gasteiger charge is -2.32. The lowest BCUT2D eigenvalue weighted by molar-refractivity contribution is -0.127. The fourth-order valence-electron chi connectivity index (χ4n) is 1.70. The first-order chi connectivity index (χ1) is 6.58. The van der Waals surface area contributed by atoms with Crippen molar-refractivity contribution in [2.24, 2.45) is 5.84 Å². The SMILES string of the molecule is CCCN(C(C)C)C(CC)C(=O)NN. The largest absolute Gasteiger partial charge is 0.293 e. The quantitative estimate of drug-likeness (QED) is 0.381. The maximum absolute atomic E-state index is 11.5. The summed E-state index contributed by atoms with van der Waals surface area (Å²) >= 11 is 0. The van der Waals surface area contributed by atoms with E-state index in [9.17, 15) is 4.79 Å². The number of amides is 1. The summed E-state index contributed by atoms with van der Waals surface area (Å²) in [6.07, 6.45) is 1.84. The highest BCUT2D eigenvalue weighted by Gasteiger charge is 2.24. The zero-order valence-electron chi connectivity index (χ0n) is 9.71. The third-order valence-electron chi connectivity index (χ3n) is 2.38. The average Bonchev–Trinajstić information content (AvgIpc) is 2.16. The summed E-state index contributed by atoms with van der Waals surface area (Å²) in [6, 6.07) is 0.275. The van der Waals surface area contributed by atoms with Gasteiger partial charge in [0, 0.05) is 6.04 Å². The minimum absolute atomic E-state index is 0.0883. The number of carbonyl (C=O) groups excluding carboxylic acids is 1. The summed E-state index contributed by atoms with van der Waals surface area (Å²) in [5.74, 6) is 5.07. The summed E-state index contributed by atoms with van der Waals surface area (Å²) in [5.41, 5.74) is 2.23. The summed E-state index contributed by atoms with van der Waals surface area (Å²) in [7, 11) is 0. The lowest BCUT2D eigenvalue weighted by Crippen LogP contribution is -2.51. The van der Waals surface area contributed by atoms with Crippen LogP contribution < -0.4 is 11.3 Å². The minimum atomic E-state index is -0.0973. The number of hydrazine groups is 1. The molecule has 1 atom stereocenters. The van der Waals surface area contributed by atoms with Gasteiger partial charge in [0.25, 0.3) is 5.91 Å². The Bertz CT molecular complexity index is 171. The van der Waals surface area contributed by atoms with E-state index in [0.717, 1.165) is 19.4 Å². The highest BCUT2D eigenvalue weighted by atomic mass is 16.2. The Morgan fingerprint density at radius 2 is 2.00 bits per heavy atom. The van der Waals surface area contributed by atoms with Crippen molar-refractivity contribution in [1.29, 1.82) is 0 Å². The number of hydrogen-bond acceptors (Lipinski definition) is 3. The molecule has 3 N–H and O–H groups in total. The van der Waals surface area contributed by atoms with Gasteiger partial charge in [0.2, 0.25) is 0 Å². The zero-order chi connectivity index (χ0) is 11.1. The van der Waals surface area contributed by atoms with Gasteiger partial charge in [0.1, 0.15) is 0 Å². The van der Waals surface area contributed by atoms with Crippen LogP contribution in [0, 0.1) is 0 Å². The summed E-state index contributed by atoms with van der Waals surface area (Å²) < 4.78 is 0. The number of carbonyl (C=O) groups is 1. The first-order valence-corrected chi connectivity index (χ1v) is 5.34. The van der Waals surface area contributed by atoms with Gasteiger partial charge in [0.15, 0.2) is 0 Å². The molecular weight excluding hydrogens is 178 g/mol. The Hall–Kier alpha value is -0.610. The van der Waals surface area contributed by atoms with Crippen LogP contribution in [0.1, 0.15) is 40.5 Å². The van der Waals surface area contributed by atoms with Gasteiger partial charge in [-0.15, -0.1) is 0 Å². The van der Waals surface area contributed by atoms with Crippen molar-refractivity contribution in [3.8, 4) is 0 Å². The first kappa shape index (κ1) is 13.4. The van der Waals surface area contributed by atoms with E-state index in [4.69, 9.17) is 5.84 Å². The van der Waals surface area contributed by atoms with E-state index in [2.05, 4.69) is 31.1 Å². The average molecular weight is 201 g/mol. The molecule has 0 fully saturated rings. The molecule has 0 rings (SSSR count). The van der Waals surface area contributed by atoms with E-state index < -0.39 is 0 Å². The number of rotatable bonds is 6. The molecule has 0 aromatic rings.